The van der Waals surface area contributed by atoms with Gasteiger partial charge in [-0.3, -0.25) is 0 Å². The molecule has 0 atom stereocenters. The lowest BCUT2D eigenvalue weighted by Gasteiger charge is -2.03. The second-order valence-corrected chi connectivity index (χ2v) is 6.89. The maximum absolute atomic E-state index is 14.6. The Hall–Kier alpha value is -3.84. The van der Waals surface area contributed by atoms with Crippen molar-refractivity contribution < 1.29 is 8.78 Å². The Labute approximate surface area is 173 Å². The fourth-order valence-electron chi connectivity index (χ4n) is 3.09. The molecule has 30 heavy (non-hydrogen) atoms. The Bertz CT molecular complexity index is 1280. The van der Waals surface area contributed by atoms with Crippen LogP contribution in [0.1, 0.15) is 23.1 Å². The monoisotopic (exact) mass is 396 g/mol. The molecule has 0 aliphatic rings. The molecule has 4 rings (SSSR count). The number of aromatic nitrogens is 2. The molecule has 4 aromatic rings. The molecule has 2 nitrogen and oxygen atoms in total. The summed E-state index contributed by atoms with van der Waals surface area (Å²) >= 11 is 0. The summed E-state index contributed by atoms with van der Waals surface area (Å²) in [5.74, 6) is 5.60. The molecule has 1 heterocycles. The van der Waals surface area contributed by atoms with Crippen LogP contribution in [0.2, 0.25) is 0 Å². The van der Waals surface area contributed by atoms with Gasteiger partial charge in [-0.1, -0.05) is 30.0 Å². The predicted molar refractivity (Wildman–Crippen MR) is 116 cm³/mol. The molecule has 146 valence electrons. The normalized spacial score (nSPS) is 10.5. The van der Waals surface area contributed by atoms with E-state index in [2.05, 4.69) is 28.4 Å². The van der Waals surface area contributed by atoms with Crippen LogP contribution in [0.25, 0.3) is 22.2 Å². The van der Waals surface area contributed by atoms with Gasteiger partial charge in [-0.25, -0.2) is 18.7 Å². The van der Waals surface area contributed by atoms with Gasteiger partial charge in [0.2, 0.25) is 0 Å². The molecule has 0 amide bonds. The van der Waals surface area contributed by atoms with Crippen LogP contribution in [-0.2, 0) is 6.42 Å². The van der Waals surface area contributed by atoms with Gasteiger partial charge in [0.05, 0.1) is 5.56 Å². The zero-order valence-corrected chi connectivity index (χ0v) is 16.2. The van der Waals surface area contributed by atoms with Crippen LogP contribution in [0.4, 0.5) is 8.78 Å². The Morgan fingerprint density at radius 2 is 1.63 bits per heavy atom. The van der Waals surface area contributed by atoms with Crippen molar-refractivity contribution in [2.24, 2.45) is 0 Å². The molecule has 0 fully saturated rings. The summed E-state index contributed by atoms with van der Waals surface area (Å²) in [7, 11) is 0. The highest BCUT2D eigenvalue weighted by atomic mass is 19.1. The molecule has 0 unspecified atom stereocenters. The number of nitrogens with zero attached hydrogens (tertiary/aromatic N) is 2. The minimum Gasteiger partial charge on any atom is -0.236 e. The second-order valence-electron chi connectivity index (χ2n) is 6.89. The lowest BCUT2D eigenvalue weighted by atomic mass is 10.1. The van der Waals surface area contributed by atoms with E-state index in [9.17, 15) is 8.78 Å². The third-order valence-corrected chi connectivity index (χ3v) is 4.71. The first-order valence-electron chi connectivity index (χ1n) is 9.55. The summed E-state index contributed by atoms with van der Waals surface area (Å²) in [6.45, 7) is 3.70. The van der Waals surface area contributed by atoms with Gasteiger partial charge in [0, 0.05) is 23.5 Å². The maximum Gasteiger partial charge on any atom is 0.159 e. The third-order valence-electron chi connectivity index (χ3n) is 4.71. The number of hydrogen-bond donors (Lipinski definition) is 0. The lowest BCUT2D eigenvalue weighted by Crippen LogP contribution is -1.94. The van der Waals surface area contributed by atoms with Gasteiger partial charge in [0.1, 0.15) is 11.6 Å². The van der Waals surface area contributed by atoms with Gasteiger partial charge in [-0.2, -0.15) is 0 Å². The van der Waals surface area contributed by atoms with Gasteiger partial charge in [-0.15, -0.1) is 6.58 Å². The summed E-state index contributed by atoms with van der Waals surface area (Å²) in [6, 6.07) is 14.8. The van der Waals surface area contributed by atoms with Gasteiger partial charge in [0.15, 0.2) is 5.82 Å². The summed E-state index contributed by atoms with van der Waals surface area (Å²) < 4.78 is 27.9. The minimum absolute atomic E-state index is 0.279. The Morgan fingerprint density at radius 3 is 2.40 bits per heavy atom. The molecule has 0 spiro atoms. The van der Waals surface area contributed by atoms with Gasteiger partial charge in [0.25, 0.3) is 0 Å². The largest absolute Gasteiger partial charge is 0.236 e. The molecule has 0 N–H and O–H groups in total. The van der Waals surface area contributed by atoms with Crippen LogP contribution < -0.4 is 0 Å². The summed E-state index contributed by atoms with van der Waals surface area (Å²) in [6.07, 6.45) is 7.04. The Kier molecular flexibility index (Phi) is 5.63. The van der Waals surface area contributed by atoms with Crippen molar-refractivity contribution in [3.63, 3.8) is 0 Å². The van der Waals surface area contributed by atoms with E-state index in [4.69, 9.17) is 0 Å². The number of halogens is 2. The molecule has 4 heteroatoms. The molecule has 0 aliphatic heterocycles. The highest BCUT2D eigenvalue weighted by Crippen LogP contribution is 2.20. The molecule has 3 aromatic carbocycles. The first-order chi connectivity index (χ1) is 14.6. The smallest absolute Gasteiger partial charge is 0.159 e. The van der Waals surface area contributed by atoms with Crippen LogP contribution in [-0.4, -0.2) is 9.97 Å². The number of hydrogen-bond acceptors (Lipinski definition) is 2. The second kappa shape index (κ2) is 8.67. The van der Waals surface area contributed by atoms with Crippen molar-refractivity contribution in [2.75, 3.05) is 0 Å². The zero-order valence-electron chi connectivity index (χ0n) is 16.2. The fourth-order valence-corrected chi connectivity index (χ4v) is 3.09. The highest BCUT2D eigenvalue weighted by Gasteiger charge is 2.06. The number of benzene rings is 3. The van der Waals surface area contributed by atoms with Crippen LogP contribution in [0, 0.1) is 23.5 Å². The van der Waals surface area contributed by atoms with Gasteiger partial charge in [-0.05, 0) is 71.6 Å². The third kappa shape index (κ3) is 4.42. The van der Waals surface area contributed by atoms with E-state index in [1.54, 1.807) is 42.7 Å². The summed E-state index contributed by atoms with van der Waals surface area (Å²) in [4.78, 5) is 8.65. The zero-order chi connectivity index (χ0) is 20.9. The standard InChI is InChI=1S/C26H18F2N2/c1-2-3-4-19-16-29-26(30-17-19)23-10-9-20(25(28)15-23)7-5-18-6-8-22-14-24(27)12-11-21(22)13-18/h2,6,8-17H,1,3-4H2. The van der Waals surface area contributed by atoms with Crippen LogP contribution in [0.3, 0.4) is 0 Å². The fraction of sp³-hybridized carbons (Fsp3) is 0.0769. The average molecular weight is 396 g/mol. The van der Waals surface area contributed by atoms with E-state index in [-0.39, 0.29) is 5.82 Å². The van der Waals surface area contributed by atoms with E-state index in [0.717, 1.165) is 34.7 Å². The van der Waals surface area contributed by atoms with E-state index >= 15 is 0 Å². The maximum atomic E-state index is 14.6. The van der Waals surface area contributed by atoms with E-state index < -0.39 is 5.82 Å². The molecule has 0 aliphatic carbocycles. The van der Waals surface area contributed by atoms with E-state index in [1.807, 2.05) is 12.1 Å². The van der Waals surface area contributed by atoms with Crippen molar-refractivity contribution >= 4 is 10.8 Å². The van der Waals surface area contributed by atoms with Crippen molar-refractivity contribution in [3.8, 4) is 23.2 Å². The van der Waals surface area contributed by atoms with Crippen LogP contribution in [0.15, 0.2) is 79.6 Å². The van der Waals surface area contributed by atoms with E-state index in [1.165, 1.54) is 18.2 Å². The van der Waals surface area contributed by atoms with Crippen molar-refractivity contribution in [1.29, 1.82) is 0 Å². The number of rotatable bonds is 4. The predicted octanol–water partition coefficient (Wildman–Crippen LogP) is 6.09. The molecular formula is C26H18F2N2. The molecule has 0 saturated heterocycles. The Morgan fingerprint density at radius 1 is 0.867 bits per heavy atom. The van der Waals surface area contributed by atoms with Crippen molar-refractivity contribution in [3.05, 3.63) is 108 Å². The van der Waals surface area contributed by atoms with E-state index in [0.29, 0.717) is 17.0 Å². The average Bonchev–Trinajstić information content (AvgIpc) is 2.77. The molecule has 1 aromatic heterocycles. The quantitative estimate of drug-likeness (QED) is 0.308. The number of aryl methyl sites for hydroxylation is 1. The first-order valence-corrected chi connectivity index (χ1v) is 9.55. The first kappa shape index (κ1) is 19.5. The molecule has 0 radical (unpaired) electrons. The Balaban J connectivity index is 1.55. The number of fused-ring (bicyclic) bond motifs is 1. The van der Waals surface area contributed by atoms with Gasteiger partial charge >= 0.3 is 0 Å². The van der Waals surface area contributed by atoms with Crippen LogP contribution in [0.5, 0.6) is 0 Å². The van der Waals surface area contributed by atoms with Gasteiger partial charge < -0.3 is 0 Å². The summed E-state index contributed by atoms with van der Waals surface area (Å²) in [5, 5.41) is 1.68. The summed E-state index contributed by atoms with van der Waals surface area (Å²) in [5.41, 5.74) is 2.64. The molecule has 0 saturated carbocycles. The molecule has 0 bridgehead atoms. The topological polar surface area (TPSA) is 25.8 Å². The SMILES string of the molecule is C=CCCc1cnc(-c2ccc(C#Cc3ccc4cc(F)ccc4c3)c(F)c2)nc1. The highest BCUT2D eigenvalue weighted by molar-refractivity contribution is 5.84. The molecular weight excluding hydrogens is 378 g/mol. The van der Waals surface area contributed by atoms with Crippen LogP contribution >= 0.6 is 0 Å². The lowest BCUT2D eigenvalue weighted by molar-refractivity contribution is 0.624. The number of allylic oxidation sites excluding steroid dienone is 1. The van der Waals surface area contributed by atoms with Crippen molar-refractivity contribution in [2.45, 2.75) is 12.8 Å². The van der Waals surface area contributed by atoms with Crippen molar-refractivity contribution in [1.82, 2.24) is 9.97 Å². The minimum atomic E-state index is -0.429.